The Labute approximate surface area is 117 Å². The lowest BCUT2D eigenvalue weighted by molar-refractivity contribution is 0.479. The number of hydrogen-bond donors (Lipinski definition) is 2. The quantitative estimate of drug-likeness (QED) is 0.669. The number of nitrogens with zero attached hydrogens (tertiary/aromatic N) is 1. The van der Waals surface area contributed by atoms with E-state index in [0.717, 1.165) is 4.47 Å². The van der Waals surface area contributed by atoms with Crippen LogP contribution in [0.4, 0.5) is 0 Å². The average molecular weight is 327 g/mol. The number of pyridine rings is 1. The Kier molecular flexibility index (Phi) is 3.84. The summed E-state index contributed by atoms with van der Waals surface area (Å²) >= 11 is 9.36. The van der Waals surface area contributed by atoms with Gasteiger partial charge in [0.2, 0.25) is 0 Å². The standard InChI is InChI=1S/C12H9BrClN3O/c13-7-1-2-9(14)10(5-7)18-11-6-17-4-3-8(11)12(15)16/h1-6H,(H3,15,16). The fourth-order valence-electron chi connectivity index (χ4n) is 1.36. The Balaban J connectivity index is 2.40. The molecule has 92 valence electrons. The largest absolute Gasteiger partial charge is 0.453 e. The van der Waals surface area contributed by atoms with Gasteiger partial charge >= 0.3 is 0 Å². The third-order valence-corrected chi connectivity index (χ3v) is 2.99. The third kappa shape index (κ3) is 2.80. The Hall–Kier alpha value is -1.59. The van der Waals surface area contributed by atoms with E-state index in [9.17, 15) is 0 Å². The summed E-state index contributed by atoms with van der Waals surface area (Å²) in [5.74, 6) is 0.782. The molecule has 0 aliphatic heterocycles. The summed E-state index contributed by atoms with van der Waals surface area (Å²) in [7, 11) is 0. The molecule has 0 bridgehead atoms. The van der Waals surface area contributed by atoms with E-state index in [2.05, 4.69) is 20.9 Å². The van der Waals surface area contributed by atoms with Crippen LogP contribution in [0.3, 0.4) is 0 Å². The molecule has 2 aromatic rings. The highest BCUT2D eigenvalue weighted by Crippen LogP contribution is 2.32. The number of halogens is 2. The van der Waals surface area contributed by atoms with Crippen LogP contribution in [0.2, 0.25) is 5.02 Å². The van der Waals surface area contributed by atoms with Crippen molar-refractivity contribution in [1.82, 2.24) is 4.98 Å². The van der Waals surface area contributed by atoms with Crippen molar-refractivity contribution in [2.75, 3.05) is 0 Å². The van der Waals surface area contributed by atoms with Crippen LogP contribution in [-0.2, 0) is 0 Å². The molecule has 0 atom stereocenters. The zero-order valence-electron chi connectivity index (χ0n) is 9.15. The first kappa shape index (κ1) is 12.9. The van der Waals surface area contributed by atoms with E-state index in [4.69, 9.17) is 27.5 Å². The second-order valence-electron chi connectivity index (χ2n) is 3.46. The van der Waals surface area contributed by atoms with E-state index in [-0.39, 0.29) is 5.84 Å². The number of aromatic nitrogens is 1. The van der Waals surface area contributed by atoms with E-state index in [0.29, 0.717) is 22.1 Å². The molecule has 0 radical (unpaired) electrons. The first-order valence-electron chi connectivity index (χ1n) is 4.99. The predicted molar refractivity (Wildman–Crippen MR) is 74.5 cm³/mol. The highest BCUT2D eigenvalue weighted by atomic mass is 79.9. The van der Waals surface area contributed by atoms with E-state index in [1.807, 2.05) is 6.07 Å². The molecule has 0 unspecified atom stereocenters. The number of nitrogen functional groups attached to an aromatic ring is 1. The first-order valence-corrected chi connectivity index (χ1v) is 6.16. The molecular weight excluding hydrogens is 318 g/mol. The van der Waals surface area contributed by atoms with Crippen molar-refractivity contribution in [1.29, 1.82) is 5.41 Å². The minimum absolute atomic E-state index is 0.0847. The van der Waals surface area contributed by atoms with Crippen LogP contribution in [0.25, 0.3) is 0 Å². The minimum Gasteiger partial charge on any atom is -0.453 e. The molecule has 0 aliphatic carbocycles. The Morgan fingerprint density at radius 3 is 2.83 bits per heavy atom. The van der Waals surface area contributed by atoms with Crippen LogP contribution >= 0.6 is 27.5 Å². The molecule has 18 heavy (non-hydrogen) atoms. The van der Waals surface area contributed by atoms with E-state index >= 15 is 0 Å². The van der Waals surface area contributed by atoms with Crippen LogP contribution in [0.5, 0.6) is 11.5 Å². The maximum Gasteiger partial charge on any atom is 0.156 e. The Bertz CT molecular complexity index is 604. The fraction of sp³-hybridized carbons (Fsp3) is 0. The summed E-state index contributed by atoms with van der Waals surface area (Å²) in [5, 5.41) is 7.93. The van der Waals surface area contributed by atoms with Crippen molar-refractivity contribution >= 4 is 33.4 Å². The Morgan fingerprint density at radius 2 is 2.11 bits per heavy atom. The smallest absolute Gasteiger partial charge is 0.156 e. The van der Waals surface area contributed by atoms with Crippen molar-refractivity contribution in [2.45, 2.75) is 0 Å². The van der Waals surface area contributed by atoms with Gasteiger partial charge in [0, 0.05) is 10.7 Å². The molecule has 0 spiro atoms. The molecule has 0 saturated carbocycles. The van der Waals surface area contributed by atoms with E-state index in [1.54, 1.807) is 24.4 Å². The zero-order chi connectivity index (χ0) is 13.1. The molecule has 0 fully saturated rings. The van der Waals surface area contributed by atoms with Gasteiger partial charge in [-0.3, -0.25) is 10.4 Å². The molecule has 0 aliphatic rings. The molecule has 0 saturated heterocycles. The number of amidine groups is 1. The van der Waals surface area contributed by atoms with Gasteiger partial charge in [0.25, 0.3) is 0 Å². The highest BCUT2D eigenvalue weighted by Gasteiger charge is 2.10. The van der Waals surface area contributed by atoms with Crippen molar-refractivity contribution in [2.24, 2.45) is 5.73 Å². The molecule has 1 heterocycles. The second-order valence-corrected chi connectivity index (χ2v) is 4.79. The number of rotatable bonds is 3. The summed E-state index contributed by atoms with van der Waals surface area (Å²) < 4.78 is 6.48. The third-order valence-electron chi connectivity index (χ3n) is 2.19. The van der Waals surface area contributed by atoms with E-state index < -0.39 is 0 Å². The number of ether oxygens (including phenoxy) is 1. The summed E-state index contributed by atoms with van der Waals surface area (Å²) in [4.78, 5) is 3.94. The lowest BCUT2D eigenvalue weighted by Gasteiger charge is -2.10. The average Bonchev–Trinajstić information content (AvgIpc) is 2.34. The van der Waals surface area contributed by atoms with Crippen LogP contribution in [0, 0.1) is 5.41 Å². The van der Waals surface area contributed by atoms with Crippen molar-refractivity contribution in [3.63, 3.8) is 0 Å². The predicted octanol–water partition coefficient (Wildman–Crippen LogP) is 3.57. The van der Waals surface area contributed by atoms with Crippen LogP contribution in [0.15, 0.2) is 41.1 Å². The zero-order valence-corrected chi connectivity index (χ0v) is 11.5. The molecule has 2 rings (SSSR count). The maximum atomic E-state index is 7.47. The van der Waals surface area contributed by atoms with Gasteiger partial charge in [-0.2, -0.15) is 0 Å². The van der Waals surface area contributed by atoms with Gasteiger partial charge in [0.1, 0.15) is 11.6 Å². The monoisotopic (exact) mass is 325 g/mol. The van der Waals surface area contributed by atoms with Crippen molar-refractivity contribution in [3.05, 3.63) is 51.7 Å². The lowest BCUT2D eigenvalue weighted by Crippen LogP contribution is -2.12. The van der Waals surface area contributed by atoms with Gasteiger partial charge in [-0.1, -0.05) is 27.5 Å². The van der Waals surface area contributed by atoms with Crippen LogP contribution < -0.4 is 10.5 Å². The Morgan fingerprint density at radius 1 is 1.33 bits per heavy atom. The molecule has 4 nitrogen and oxygen atoms in total. The molecule has 3 N–H and O–H groups in total. The summed E-state index contributed by atoms with van der Waals surface area (Å²) in [6, 6.07) is 6.87. The summed E-state index contributed by atoms with van der Waals surface area (Å²) in [6.45, 7) is 0. The lowest BCUT2D eigenvalue weighted by atomic mass is 10.2. The fourth-order valence-corrected chi connectivity index (χ4v) is 1.85. The number of benzene rings is 1. The van der Waals surface area contributed by atoms with Crippen molar-refractivity contribution < 1.29 is 4.74 Å². The molecule has 1 aromatic carbocycles. The first-order chi connectivity index (χ1) is 8.58. The van der Waals surface area contributed by atoms with Gasteiger partial charge in [-0.25, -0.2) is 0 Å². The van der Waals surface area contributed by atoms with Gasteiger partial charge in [-0.05, 0) is 24.3 Å². The number of nitrogens with two attached hydrogens (primary N) is 1. The second kappa shape index (κ2) is 5.37. The normalized spacial score (nSPS) is 10.1. The SMILES string of the molecule is N=C(N)c1ccncc1Oc1cc(Br)ccc1Cl. The summed E-state index contributed by atoms with van der Waals surface area (Å²) in [5.41, 5.74) is 5.94. The van der Waals surface area contributed by atoms with Crippen LogP contribution in [0.1, 0.15) is 5.56 Å². The van der Waals surface area contributed by atoms with Crippen LogP contribution in [-0.4, -0.2) is 10.8 Å². The summed E-state index contributed by atoms with van der Waals surface area (Å²) in [6.07, 6.45) is 3.04. The van der Waals surface area contributed by atoms with Gasteiger partial charge in [0.05, 0.1) is 16.8 Å². The molecule has 1 aromatic heterocycles. The minimum atomic E-state index is -0.0847. The topological polar surface area (TPSA) is 72.0 Å². The maximum absolute atomic E-state index is 7.47. The number of nitrogens with one attached hydrogen (secondary N) is 1. The van der Waals surface area contributed by atoms with Gasteiger partial charge in [-0.15, -0.1) is 0 Å². The van der Waals surface area contributed by atoms with Gasteiger partial charge in [0.15, 0.2) is 5.75 Å². The molecule has 6 heteroatoms. The number of hydrogen-bond acceptors (Lipinski definition) is 3. The highest BCUT2D eigenvalue weighted by molar-refractivity contribution is 9.10. The molecular formula is C12H9BrClN3O. The van der Waals surface area contributed by atoms with Gasteiger partial charge < -0.3 is 10.5 Å². The van der Waals surface area contributed by atoms with E-state index in [1.165, 1.54) is 6.20 Å². The molecule has 0 amide bonds. The van der Waals surface area contributed by atoms with Crippen molar-refractivity contribution in [3.8, 4) is 11.5 Å².